The summed E-state index contributed by atoms with van der Waals surface area (Å²) < 4.78 is 5.79. The average molecular weight is 280 g/mol. The van der Waals surface area contributed by atoms with Gasteiger partial charge in [-0.1, -0.05) is 0 Å². The summed E-state index contributed by atoms with van der Waals surface area (Å²) in [5.74, 6) is 0.908. The van der Waals surface area contributed by atoms with Gasteiger partial charge in [-0.3, -0.25) is 0 Å². The monoisotopic (exact) mass is 280 g/mol. The van der Waals surface area contributed by atoms with Gasteiger partial charge in [0.25, 0.3) is 0 Å². The van der Waals surface area contributed by atoms with E-state index < -0.39 is 0 Å². The number of nitrogens with two attached hydrogens (primary N) is 1. The van der Waals surface area contributed by atoms with E-state index in [0.717, 1.165) is 37.4 Å². The average Bonchev–Trinajstić information content (AvgIpc) is 2.23. The van der Waals surface area contributed by atoms with Crippen LogP contribution in [-0.2, 0) is 32.7 Å². The van der Waals surface area contributed by atoms with Gasteiger partial charge in [0.15, 0.2) is 0 Å². The van der Waals surface area contributed by atoms with E-state index >= 15 is 0 Å². The second-order valence-corrected chi connectivity index (χ2v) is 3.56. The van der Waals surface area contributed by atoms with Crippen molar-refractivity contribution >= 4 is 5.69 Å². The molecule has 0 unspecified atom stereocenters. The van der Waals surface area contributed by atoms with E-state index in [1.165, 1.54) is 0 Å². The van der Waals surface area contributed by atoms with Crippen molar-refractivity contribution in [2.75, 3.05) is 18.8 Å². The number of hydrogen-bond donors (Lipinski definition) is 1. The minimum atomic E-state index is 0. The molecule has 0 bridgehead atoms. The summed E-state index contributed by atoms with van der Waals surface area (Å²) in [7, 11) is 0. The van der Waals surface area contributed by atoms with Crippen molar-refractivity contribution < 1.29 is 37.4 Å². The van der Waals surface area contributed by atoms with Crippen LogP contribution >= 0.6 is 0 Å². The van der Waals surface area contributed by atoms with E-state index in [-0.39, 0.29) is 32.7 Å². The summed E-state index contributed by atoms with van der Waals surface area (Å²) in [5, 5.41) is 4.28. The first-order valence-electron chi connectivity index (χ1n) is 5.00. The maximum absolute atomic E-state index is 5.79. The molecule has 1 aliphatic rings. The molecule has 1 heterocycles. The summed E-state index contributed by atoms with van der Waals surface area (Å²) in [6, 6.07) is 7.56. The molecular formula is C11H15N2OY-. The first-order valence-corrected chi connectivity index (χ1v) is 5.00. The Balaban J connectivity index is 0.00000112. The summed E-state index contributed by atoms with van der Waals surface area (Å²) in [6.45, 7) is 1.86. The molecule has 2 N–H and O–H groups in total. The standard InChI is InChI=1S/C11H15N2O.Y/c12-9-1-3-10(4-2-9)14-11-5-7-13-8-6-11;/h1-4,11H,5-8,12H2;/q-1;. The quantitative estimate of drug-likeness (QED) is 0.844. The molecule has 15 heavy (non-hydrogen) atoms. The Hall–Kier alpha value is -0.116. The third-order valence-electron chi connectivity index (χ3n) is 2.40. The number of benzene rings is 1. The predicted octanol–water partition coefficient (Wildman–Crippen LogP) is 2.18. The molecule has 1 saturated heterocycles. The van der Waals surface area contributed by atoms with Crippen molar-refractivity contribution in [3.63, 3.8) is 0 Å². The molecule has 1 aliphatic heterocycles. The van der Waals surface area contributed by atoms with Crippen molar-refractivity contribution in [3.8, 4) is 5.75 Å². The minimum Gasteiger partial charge on any atom is -0.662 e. The number of piperidine rings is 1. The zero-order valence-corrected chi connectivity index (χ0v) is 11.6. The third-order valence-corrected chi connectivity index (χ3v) is 2.40. The van der Waals surface area contributed by atoms with Crippen LogP contribution in [0.1, 0.15) is 12.8 Å². The SMILES string of the molecule is Nc1ccc(OC2CC[N-]CC2)cc1.[Y]. The fourth-order valence-electron chi connectivity index (χ4n) is 1.58. The predicted molar refractivity (Wildman–Crippen MR) is 57.6 cm³/mol. The Labute approximate surface area is 116 Å². The van der Waals surface area contributed by atoms with Gasteiger partial charge in [-0.05, 0) is 37.1 Å². The van der Waals surface area contributed by atoms with E-state index in [4.69, 9.17) is 10.5 Å². The zero-order chi connectivity index (χ0) is 9.80. The second kappa shape index (κ2) is 6.46. The summed E-state index contributed by atoms with van der Waals surface area (Å²) in [5.41, 5.74) is 6.36. The fraction of sp³-hybridized carbons (Fsp3) is 0.455. The van der Waals surface area contributed by atoms with Gasteiger partial charge in [0.1, 0.15) is 5.75 Å². The van der Waals surface area contributed by atoms with Crippen LogP contribution < -0.4 is 10.5 Å². The molecule has 1 aromatic rings. The third kappa shape index (κ3) is 4.09. The maximum Gasteiger partial charge on any atom is 0.119 e. The molecular weight excluding hydrogens is 265 g/mol. The summed E-state index contributed by atoms with van der Waals surface area (Å²) in [6.07, 6.45) is 2.39. The van der Waals surface area contributed by atoms with Crippen LogP contribution in [0, 0.1) is 0 Å². The van der Waals surface area contributed by atoms with Crippen LogP contribution in [0.4, 0.5) is 5.69 Å². The molecule has 0 atom stereocenters. The molecule has 1 radical (unpaired) electrons. The van der Waals surface area contributed by atoms with Crippen LogP contribution in [0.5, 0.6) is 5.75 Å². The van der Waals surface area contributed by atoms with Crippen LogP contribution in [0.15, 0.2) is 24.3 Å². The van der Waals surface area contributed by atoms with Gasteiger partial charge < -0.3 is 15.8 Å². The molecule has 79 valence electrons. The van der Waals surface area contributed by atoms with Gasteiger partial charge in [-0.25, -0.2) is 0 Å². The molecule has 0 saturated carbocycles. The largest absolute Gasteiger partial charge is 0.662 e. The van der Waals surface area contributed by atoms with Crippen molar-refractivity contribution in [2.24, 2.45) is 0 Å². The Morgan fingerprint density at radius 1 is 1.13 bits per heavy atom. The van der Waals surface area contributed by atoms with E-state index in [1.54, 1.807) is 0 Å². The van der Waals surface area contributed by atoms with Crippen LogP contribution in [0.2, 0.25) is 0 Å². The molecule has 1 aromatic carbocycles. The minimum absolute atomic E-state index is 0. The van der Waals surface area contributed by atoms with Crippen LogP contribution in [-0.4, -0.2) is 19.2 Å². The van der Waals surface area contributed by atoms with E-state index in [2.05, 4.69) is 5.32 Å². The number of anilines is 1. The van der Waals surface area contributed by atoms with Crippen molar-refractivity contribution in [1.29, 1.82) is 0 Å². The maximum atomic E-state index is 5.79. The molecule has 2 rings (SSSR count). The number of rotatable bonds is 2. The Bertz CT molecular complexity index is 283. The van der Waals surface area contributed by atoms with Crippen LogP contribution in [0.25, 0.3) is 5.32 Å². The van der Waals surface area contributed by atoms with E-state index in [1.807, 2.05) is 24.3 Å². The molecule has 0 aromatic heterocycles. The second-order valence-electron chi connectivity index (χ2n) is 3.56. The fourth-order valence-corrected chi connectivity index (χ4v) is 1.58. The first-order chi connectivity index (χ1) is 6.84. The van der Waals surface area contributed by atoms with Gasteiger partial charge in [-0.15, -0.1) is 13.1 Å². The molecule has 1 fully saturated rings. The van der Waals surface area contributed by atoms with E-state index in [0.29, 0.717) is 6.10 Å². The Kier molecular flexibility index (Phi) is 5.58. The van der Waals surface area contributed by atoms with Gasteiger partial charge in [0, 0.05) is 38.4 Å². The first kappa shape index (κ1) is 13.0. The van der Waals surface area contributed by atoms with Gasteiger partial charge in [0.2, 0.25) is 0 Å². The number of nitrogens with zero attached hydrogens (tertiary/aromatic N) is 1. The van der Waals surface area contributed by atoms with Crippen LogP contribution in [0.3, 0.4) is 0 Å². The smallest absolute Gasteiger partial charge is 0.119 e. The zero-order valence-electron chi connectivity index (χ0n) is 8.73. The number of ether oxygens (including phenoxy) is 1. The topological polar surface area (TPSA) is 49.4 Å². The molecule has 0 aliphatic carbocycles. The molecule has 0 spiro atoms. The van der Waals surface area contributed by atoms with Crippen molar-refractivity contribution in [1.82, 2.24) is 0 Å². The summed E-state index contributed by atoms with van der Waals surface area (Å²) in [4.78, 5) is 0. The number of nitrogen functional groups attached to an aromatic ring is 1. The van der Waals surface area contributed by atoms with E-state index in [9.17, 15) is 0 Å². The Morgan fingerprint density at radius 3 is 2.33 bits per heavy atom. The van der Waals surface area contributed by atoms with Gasteiger partial charge in [-0.2, -0.15) is 0 Å². The summed E-state index contributed by atoms with van der Waals surface area (Å²) >= 11 is 0. The Morgan fingerprint density at radius 2 is 1.73 bits per heavy atom. The van der Waals surface area contributed by atoms with Gasteiger partial charge in [0.05, 0.1) is 6.10 Å². The molecule has 4 heteroatoms. The molecule has 0 amide bonds. The molecule has 3 nitrogen and oxygen atoms in total. The van der Waals surface area contributed by atoms with Crippen molar-refractivity contribution in [3.05, 3.63) is 29.6 Å². The van der Waals surface area contributed by atoms with Crippen molar-refractivity contribution in [2.45, 2.75) is 18.9 Å². The van der Waals surface area contributed by atoms with Gasteiger partial charge >= 0.3 is 0 Å². The normalized spacial score (nSPS) is 16.8. The number of hydrogen-bond acceptors (Lipinski definition) is 2.